The smallest absolute Gasteiger partial charge is 0.311 e. The van der Waals surface area contributed by atoms with Crippen molar-refractivity contribution < 1.29 is 84.7 Å². The molecule has 13 N–H and O–H groups in total. The second-order valence-corrected chi connectivity index (χ2v) is 17.9. The Labute approximate surface area is 381 Å². The van der Waals surface area contributed by atoms with E-state index in [0.29, 0.717) is 6.42 Å². The third kappa shape index (κ3) is 18.8. The normalized spacial score (nSPS) is 45.2. The molecule has 0 aliphatic carbocycles. The van der Waals surface area contributed by atoms with Crippen LogP contribution in [-0.2, 0) is 28.5 Å². The maximum Gasteiger partial charge on any atom is 0.311 e. The van der Waals surface area contributed by atoms with Crippen molar-refractivity contribution in [1.82, 2.24) is 0 Å². The van der Waals surface area contributed by atoms with Gasteiger partial charge in [-0.2, -0.15) is 0 Å². The molecule has 3 rings (SSSR count). The van der Waals surface area contributed by atoms with Gasteiger partial charge >= 0.3 is 11.9 Å². The SMILES string of the molecule is C[C@@H]1[C@H](O)[C@@H](C)/C=C/C=C/C=C/C=C/C=C/C=C/CC[C@H](O[C@@H]2O[C@H](C)[C@@H](O)[C@H](N)[C@@H]2O)C[C@@H]2O[C@](O)(C[C@@H](O)C[C@@H](O)[C@H](O)CC[C@@H](O)C[C@@H](O)CC(=O)O[C@H]1C)C[C@H](O)[C@H]2C(=O)O. The zero-order valence-electron chi connectivity index (χ0n) is 37.8. The Hall–Kier alpha value is -3.18. The number of cyclic esters (lactones) is 1. The third-order valence-corrected chi connectivity index (χ3v) is 12.3. The highest BCUT2D eigenvalue weighted by molar-refractivity contribution is 5.71. The topological polar surface area (TPSA) is 320 Å². The van der Waals surface area contributed by atoms with Gasteiger partial charge in [0.05, 0.1) is 79.6 Å². The van der Waals surface area contributed by atoms with Crippen molar-refractivity contribution in [2.75, 3.05) is 0 Å². The minimum Gasteiger partial charge on any atom is -0.481 e. The van der Waals surface area contributed by atoms with Crippen molar-refractivity contribution >= 4 is 11.9 Å². The Morgan fingerprint density at radius 1 is 0.692 bits per heavy atom. The van der Waals surface area contributed by atoms with Crippen LogP contribution in [0, 0.1) is 17.8 Å². The molecule has 0 aromatic heterocycles. The Bertz CT molecular complexity index is 1620. The zero-order valence-corrected chi connectivity index (χ0v) is 37.8. The fourth-order valence-corrected chi connectivity index (χ4v) is 8.22. The number of carbonyl (C=O) groups excluding carboxylic acids is 1. The molecule has 18 heteroatoms. The number of aliphatic hydroxyl groups is 10. The quantitative estimate of drug-likeness (QED) is 0.175. The molecule has 0 radical (unpaired) electrons. The van der Waals surface area contributed by atoms with Crippen LogP contribution in [0.1, 0.15) is 91.9 Å². The number of allylic oxidation sites excluding steroid dienone is 11. The number of carboxylic acid groups (broad SMARTS) is 1. The van der Waals surface area contributed by atoms with Gasteiger partial charge in [-0.1, -0.05) is 86.8 Å². The van der Waals surface area contributed by atoms with Crippen LogP contribution in [0.5, 0.6) is 0 Å². The average molecular weight is 926 g/mol. The van der Waals surface area contributed by atoms with Crippen molar-refractivity contribution in [1.29, 1.82) is 0 Å². The van der Waals surface area contributed by atoms with Gasteiger partial charge in [0.25, 0.3) is 0 Å². The average Bonchev–Trinajstić information content (AvgIpc) is 3.21. The van der Waals surface area contributed by atoms with E-state index >= 15 is 0 Å². The number of ether oxygens (including phenoxy) is 4. The second kappa shape index (κ2) is 27.6. The Morgan fingerprint density at radius 3 is 1.94 bits per heavy atom. The maximum atomic E-state index is 12.6. The number of hydrogen-bond acceptors (Lipinski definition) is 17. The minimum absolute atomic E-state index is 0.102. The fraction of sp³-hybridized carbons (Fsp3) is 0.702. The highest BCUT2D eigenvalue weighted by Gasteiger charge is 2.51. The first-order valence-corrected chi connectivity index (χ1v) is 22.6. The molecule has 0 unspecified atom stereocenters. The molecule has 370 valence electrons. The van der Waals surface area contributed by atoms with E-state index in [-0.39, 0.29) is 38.0 Å². The van der Waals surface area contributed by atoms with E-state index < -0.39 is 147 Å². The maximum absolute atomic E-state index is 12.6. The summed E-state index contributed by atoms with van der Waals surface area (Å²) in [6.07, 6.45) is 1.99. The molecule has 3 heterocycles. The molecule has 65 heavy (non-hydrogen) atoms. The van der Waals surface area contributed by atoms with Gasteiger partial charge in [0.1, 0.15) is 18.1 Å². The third-order valence-electron chi connectivity index (χ3n) is 12.3. The summed E-state index contributed by atoms with van der Waals surface area (Å²) in [5, 5.41) is 118. The monoisotopic (exact) mass is 926 g/mol. The lowest BCUT2D eigenvalue weighted by molar-refractivity contribution is -0.311. The molecule has 2 fully saturated rings. The molecule has 2 bridgehead atoms. The molecule has 3 aliphatic rings. The van der Waals surface area contributed by atoms with Crippen LogP contribution >= 0.6 is 0 Å². The number of esters is 1. The number of carbonyl (C=O) groups is 2. The van der Waals surface area contributed by atoms with Gasteiger partial charge in [0.15, 0.2) is 12.1 Å². The molecule has 2 saturated heterocycles. The van der Waals surface area contributed by atoms with Crippen molar-refractivity contribution in [2.24, 2.45) is 23.5 Å². The van der Waals surface area contributed by atoms with Gasteiger partial charge in [0, 0.05) is 37.5 Å². The molecule has 19 atom stereocenters. The first-order chi connectivity index (χ1) is 30.6. The number of carboxylic acids is 1. The lowest BCUT2D eigenvalue weighted by Crippen LogP contribution is -2.61. The van der Waals surface area contributed by atoms with Crippen LogP contribution in [0.25, 0.3) is 0 Å². The van der Waals surface area contributed by atoms with E-state index in [1.165, 1.54) is 0 Å². The summed E-state index contributed by atoms with van der Waals surface area (Å²) >= 11 is 0. The van der Waals surface area contributed by atoms with Crippen molar-refractivity contribution in [3.05, 3.63) is 72.9 Å². The number of rotatable bonds is 3. The highest BCUT2D eigenvalue weighted by Crippen LogP contribution is 2.38. The summed E-state index contributed by atoms with van der Waals surface area (Å²) in [6.45, 7) is 6.77. The summed E-state index contributed by atoms with van der Waals surface area (Å²) in [7, 11) is 0. The first-order valence-electron chi connectivity index (χ1n) is 22.6. The van der Waals surface area contributed by atoms with Crippen molar-refractivity contribution in [3.63, 3.8) is 0 Å². The highest BCUT2D eigenvalue weighted by atomic mass is 16.7. The van der Waals surface area contributed by atoms with E-state index in [2.05, 4.69) is 0 Å². The molecule has 0 saturated carbocycles. The van der Waals surface area contributed by atoms with Crippen LogP contribution < -0.4 is 5.73 Å². The number of hydrogen-bond donors (Lipinski definition) is 12. The van der Waals surface area contributed by atoms with Crippen molar-refractivity contribution in [2.45, 2.75) is 189 Å². The van der Waals surface area contributed by atoms with Crippen molar-refractivity contribution in [3.8, 4) is 0 Å². The predicted molar refractivity (Wildman–Crippen MR) is 237 cm³/mol. The molecule has 0 aromatic rings. The Kier molecular flexibility index (Phi) is 23.8. The van der Waals surface area contributed by atoms with Gasteiger partial charge in [-0.05, 0) is 46.0 Å². The molecular formula is C47H75NO17. The summed E-state index contributed by atoms with van der Waals surface area (Å²) in [6, 6.07) is -1.12. The summed E-state index contributed by atoms with van der Waals surface area (Å²) < 4.78 is 23.3. The van der Waals surface area contributed by atoms with Gasteiger partial charge < -0.3 is 80.9 Å². The van der Waals surface area contributed by atoms with Crippen LogP contribution in [-0.4, -0.2) is 166 Å². The van der Waals surface area contributed by atoms with Gasteiger partial charge in [-0.25, -0.2) is 0 Å². The molecule has 0 amide bonds. The molecule has 0 aromatic carbocycles. The van der Waals surface area contributed by atoms with E-state index in [0.717, 1.165) is 0 Å². The second-order valence-electron chi connectivity index (χ2n) is 17.9. The zero-order chi connectivity index (χ0) is 48.4. The fourth-order valence-electron chi connectivity index (χ4n) is 8.22. The van der Waals surface area contributed by atoms with Crippen LogP contribution in [0.2, 0.25) is 0 Å². The van der Waals surface area contributed by atoms with Crippen LogP contribution in [0.15, 0.2) is 72.9 Å². The van der Waals surface area contributed by atoms with Crippen LogP contribution in [0.4, 0.5) is 0 Å². The molecule has 0 spiro atoms. The predicted octanol–water partition coefficient (Wildman–Crippen LogP) is 0.936. The summed E-state index contributed by atoms with van der Waals surface area (Å²) in [4.78, 5) is 25.1. The first kappa shape index (κ1) is 56.1. The lowest BCUT2D eigenvalue weighted by atomic mass is 9.82. The standard InChI is InChI=1S/C47H75NO17/c1-27-17-15-13-11-9-7-5-6-8-10-12-14-16-18-34(64-46-44(58)41(48)43(57)30(4)63-46)24-38-40(45(59)60)37(54)26-47(61,65-38)25-33(51)22-36(53)35(52)20-19-31(49)21-32(50)23-39(55)62-29(3)28(2)42(27)56/h5-15,17,27-38,40-44,46,49-54,56-58,61H,16,18-26,48H2,1-4H3,(H,59,60)/b6-5+,9-7+,10-8+,13-11+,14-12+,17-15+/t27-,28-,29-,30+,31+,32+,33-,34-,35+,36+,37-,38-,40+,41-,42+,43+,44-,46-,47+/m0/s1. The lowest BCUT2D eigenvalue weighted by Gasteiger charge is -2.45. The van der Waals surface area contributed by atoms with Gasteiger partial charge in [-0.15, -0.1) is 0 Å². The van der Waals surface area contributed by atoms with E-state index in [9.17, 15) is 65.8 Å². The number of aliphatic carboxylic acids is 1. The Morgan fingerprint density at radius 2 is 1.31 bits per heavy atom. The summed E-state index contributed by atoms with van der Waals surface area (Å²) in [5.41, 5.74) is 6.03. The van der Waals surface area contributed by atoms with E-state index in [1.54, 1.807) is 51.2 Å². The van der Waals surface area contributed by atoms with Gasteiger partial charge in [0.2, 0.25) is 0 Å². The number of aliphatic hydroxyl groups excluding tert-OH is 9. The van der Waals surface area contributed by atoms with E-state index in [4.69, 9.17) is 24.7 Å². The Balaban J connectivity index is 1.83. The number of fused-ring (bicyclic) bond motifs is 2. The minimum atomic E-state index is -2.30. The van der Waals surface area contributed by atoms with Crippen LogP contribution in [0.3, 0.4) is 0 Å². The number of nitrogens with two attached hydrogens (primary N) is 1. The summed E-state index contributed by atoms with van der Waals surface area (Å²) in [5.74, 6) is -6.73. The van der Waals surface area contributed by atoms with Gasteiger partial charge in [-0.3, -0.25) is 9.59 Å². The largest absolute Gasteiger partial charge is 0.481 e. The molecular weight excluding hydrogens is 851 g/mol. The van der Waals surface area contributed by atoms with E-state index in [1.807, 2.05) is 49.5 Å². The molecule has 18 nitrogen and oxygen atoms in total. The molecule has 3 aliphatic heterocycles.